The Morgan fingerprint density at radius 1 is 1.14 bits per heavy atom. The largest absolute Gasteiger partial charge is 0.496 e. The average molecular weight is 315 g/mol. The van der Waals surface area contributed by atoms with Gasteiger partial charge in [-0.15, -0.1) is 0 Å². The van der Waals surface area contributed by atoms with Crippen LogP contribution < -0.4 is 4.74 Å². The molecular weight excluding hydrogens is 296 g/mol. The molecule has 0 N–H and O–H groups in total. The molecule has 2 aromatic carbocycles. The second-order valence-electron chi connectivity index (χ2n) is 5.56. The fourth-order valence-electron chi connectivity index (χ4n) is 3.02. The molecule has 1 heterocycles. The van der Waals surface area contributed by atoms with E-state index in [1.165, 1.54) is 5.56 Å². The van der Waals surface area contributed by atoms with Crippen LogP contribution in [0.3, 0.4) is 0 Å². The van der Waals surface area contributed by atoms with Crippen LogP contribution in [0.15, 0.2) is 47.5 Å². The van der Waals surface area contributed by atoms with Crippen molar-refractivity contribution in [3.63, 3.8) is 0 Å². The van der Waals surface area contributed by atoms with Crippen molar-refractivity contribution in [2.75, 3.05) is 21.2 Å². The standard InChI is InChI=1S/C18H19ClN2O/c1-21(2)18-17(13-8-4-5-9-14(13)19)16-12(11-20-18)7-6-10-15(16)22-3/h4-10,17H,11H2,1-3H3. The van der Waals surface area contributed by atoms with E-state index in [9.17, 15) is 0 Å². The van der Waals surface area contributed by atoms with Gasteiger partial charge in [0.1, 0.15) is 11.6 Å². The minimum absolute atomic E-state index is 0.0106. The number of benzene rings is 2. The predicted octanol–water partition coefficient (Wildman–Crippen LogP) is 3.95. The van der Waals surface area contributed by atoms with Gasteiger partial charge < -0.3 is 9.64 Å². The number of amidine groups is 1. The van der Waals surface area contributed by atoms with E-state index in [4.69, 9.17) is 21.3 Å². The lowest BCUT2D eigenvalue weighted by molar-refractivity contribution is 0.407. The maximum absolute atomic E-state index is 6.48. The summed E-state index contributed by atoms with van der Waals surface area (Å²) >= 11 is 6.48. The lowest BCUT2D eigenvalue weighted by atomic mass is 9.84. The normalized spacial score (nSPS) is 16.7. The summed E-state index contributed by atoms with van der Waals surface area (Å²) in [5.74, 6) is 1.88. The monoisotopic (exact) mass is 314 g/mol. The van der Waals surface area contributed by atoms with Crippen molar-refractivity contribution in [3.8, 4) is 5.75 Å². The molecule has 0 bridgehead atoms. The van der Waals surface area contributed by atoms with Crippen molar-refractivity contribution in [3.05, 3.63) is 64.2 Å². The van der Waals surface area contributed by atoms with Gasteiger partial charge in [0.2, 0.25) is 0 Å². The fourth-order valence-corrected chi connectivity index (χ4v) is 3.27. The molecule has 0 aliphatic carbocycles. The Balaban J connectivity index is 2.25. The van der Waals surface area contributed by atoms with Gasteiger partial charge >= 0.3 is 0 Å². The van der Waals surface area contributed by atoms with Gasteiger partial charge in [-0.1, -0.05) is 41.9 Å². The van der Waals surface area contributed by atoms with E-state index in [1.807, 2.05) is 44.4 Å². The Morgan fingerprint density at radius 2 is 1.91 bits per heavy atom. The van der Waals surface area contributed by atoms with Crippen LogP contribution in [0.5, 0.6) is 5.75 Å². The molecule has 0 fully saturated rings. The molecule has 22 heavy (non-hydrogen) atoms. The number of fused-ring (bicyclic) bond motifs is 1. The summed E-state index contributed by atoms with van der Waals surface area (Å²) in [4.78, 5) is 6.83. The van der Waals surface area contributed by atoms with Gasteiger partial charge in [-0.25, -0.2) is 0 Å². The van der Waals surface area contributed by atoms with Crippen LogP contribution in [0.4, 0.5) is 0 Å². The van der Waals surface area contributed by atoms with Crippen LogP contribution in [-0.4, -0.2) is 31.9 Å². The van der Waals surface area contributed by atoms with E-state index in [0.29, 0.717) is 6.54 Å². The molecule has 0 saturated heterocycles. The molecule has 0 aromatic heterocycles. The lowest BCUT2D eigenvalue weighted by Crippen LogP contribution is -2.32. The highest BCUT2D eigenvalue weighted by Gasteiger charge is 2.31. The van der Waals surface area contributed by atoms with E-state index in [0.717, 1.165) is 27.7 Å². The van der Waals surface area contributed by atoms with Gasteiger partial charge in [0.15, 0.2) is 0 Å². The van der Waals surface area contributed by atoms with Gasteiger partial charge in [-0.05, 0) is 23.3 Å². The van der Waals surface area contributed by atoms with Crippen LogP contribution in [0, 0.1) is 0 Å². The Morgan fingerprint density at radius 3 is 2.59 bits per heavy atom. The van der Waals surface area contributed by atoms with Crippen LogP contribution >= 0.6 is 11.6 Å². The van der Waals surface area contributed by atoms with Gasteiger partial charge in [-0.3, -0.25) is 4.99 Å². The molecular formula is C18H19ClN2O. The van der Waals surface area contributed by atoms with E-state index in [2.05, 4.69) is 17.0 Å². The van der Waals surface area contributed by atoms with Gasteiger partial charge in [-0.2, -0.15) is 0 Å². The van der Waals surface area contributed by atoms with Gasteiger partial charge in [0.25, 0.3) is 0 Å². The van der Waals surface area contributed by atoms with Crippen LogP contribution in [0.2, 0.25) is 5.02 Å². The first kappa shape index (κ1) is 14.9. The SMILES string of the molecule is COc1cccc2c1C(c1ccccc1Cl)C(N(C)C)=NC2. The number of methoxy groups -OCH3 is 1. The molecule has 4 heteroatoms. The van der Waals surface area contributed by atoms with Gasteiger partial charge in [0, 0.05) is 24.7 Å². The zero-order valence-electron chi connectivity index (χ0n) is 13.0. The smallest absolute Gasteiger partial charge is 0.123 e. The molecule has 3 nitrogen and oxygen atoms in total. The number of rotatable bonds is 2. The number of hydrogen-bond donors (Lipinski definition) is 0. The average Bonchev–Trinajstić information content (AvgIpc) is 2.53. The molecule has 1 aliphatic heterocycles. The van der Waals surface area contributed by atoms with E-state index < -0.39 is 0 Å². The van der Waals surface area contributed by atoms with Gasteiger partial charge in [0.05, 0.1) is 19.6 Å². The van der Waals surface area contributed by atoms with Crippen molar-refractivity contribution in [1.82, 2.24) is 4.90 Å². The second-order valence-corrected chi connectivity index (χ2v) is 5.96. The summed E-state index contributed by atoms with van der Waals surface area (Å²) in [6, 6.07) is 14.1. The molecule has 0 radical (unpaired) electrons. The second kappa shape index (κ2) is 6.01. The van der Waals surface area contributed by atoms with Crippen LogP contribution in [0.25, 0.3) is 0 Å². The highest BCUT2D eigenvalue weighted by Crippen LogP contribution is 2.41. The molecule has 0 amide bonds. The Kier molecular flexibility index (Phi) is 4.08. The molecule has 1 unspecified atom stereocenters. The van der Waals surface area contributed by atoms with Crippen molar-refractivity contribution in [2.45, 2.75) is 12.5 Å². The highest BCUT2D eigenvalue weighted by molar-refractivity contribution is 6.31. The number of halogens is 1. The molecule has 1 aliphatic rings. The minimum Gasteiger partial charge on any atom is -0.496 e. The van der Waals surface area contributed by atoms with E-state index in [1.54, 1.807) is 7.11 Å². The molecule has 3 rings (SSSR count). The Labute approximate surface area is 136 Å². The Bertz CT molecular complexity index is 725. The fraction of sp³-hybridized carbons (Fsp3) is 0.278. The third-order valence-electron chi connectivity index (χ3n) is 4.01. The zero-order chi connectivity index (χ0) is 15.7. The third-order valence-corrected chi connectivity index (χ3v) is 4.35. The maximum Gasteiger partial charge on any atom is 0.123 e. The van der Waals surface area contributed by atoms with Crippen molar-refractivity contribution in [2.24, 2.45) is 4.99 Å². The van der Waals surface area contributed by atoms with Crippen LogP contribution in [0.1, 0.15) is 22.6 Å². The predicted molar refractivity (Wildman–Crippen MR) is 91.1 cm³/mol. The number of aliphatic imine (C=N–C) groups is 1. The van der Waals surface area contributed by atoms with Crippen molar-refractivity contribution in [1.29, 1.82) is 0 Å². The van der Waals surface area contributed by atoms with E-state index >= 15 is 0 Å². The molecule has 0 spiro atoms. The number of likely N-dealkylation sites (N-methyl/N-ethyl adjacent to an activating group) is 1. The first-order valence-electron chi connectivity index (χ1n) is 7.25. The van der Waals surface area contributed by atoms with Crippen molar-refractivity contribution < 1.29 is 4.74 Å². The zero-order valence-corrected chi connectivity index (χ0v) is 13.8. The number of ether oxygens (including phenoxy) is 1. The van der Waals surface area contributed by atoms with Crippen molar-refractivity contribution >= 4 is 17.4 Å². The third kappa shape index (κ3) is 2.46. The quantitative estimate of drug-likeness (QED) is 0.838. The molecule has 0 saturated carbocycles. The summed E-state index contributed by atoms with van der Waals surface area (Å²) < 4.78 is 5.62. The maximum atomic E-state index is 6.48. The topological polar surface area (TPSA) is 24.8 Å². The minimum atomic E-state index is -0.0106. The first-order chi connectivity index (χ1) is 10.6. The van der Waals surface area contributed by atoms with Crippen LogP contribution in [-0.2, 0) is 6.54 Å². The molecule has 114 valence electrons. The summed E-state index contributed by atoms with van der Waals surface area (Å²) in [7, 11) is 5.74. The number of hydrogen-bond acceptors (Lipinski definition) is 3. The summed E-state index contributed by atoms with van der Waals surface area (Å²) in [6.45, 7) is 0.668. The summed E-state index contributed by atoms with van der Waals surface area (Å²) in [5, 5.41) is 0.751. The molecule has 2 aromatic rings. The molecule has 1 atom stereocenters. The lowest BCUT2D eigenvalue weighted by Gasteiger charge is -2.32. The first-order valence-corrected chi connectivity index (χ1v) is 7.63. The summed E-state index contributed by atoms with van der Waals surface area (Å²) in [6.07, 6.45) is 0. The Hall–Kier alpha value is -2.00. The summed E-state index contributed by atoms with van der Waals surface area (Å²) in [5.41, 5.74) is 3.41. The number of nitrogens with zero attached hydrogens (tertiary/aromatic N) is 2. The highest BCUT2D eigenvalue weighted by atomic mass is 35.5. The van der Waals surface area contributed by atoms with E-state index in [-0.39, 0.29) is 5.92 Å².